The summed E-state index contributed by atoms with van der Waals surface area (Å²) >= 11 is 0. The Hall–Kier alpha value is -2.87. The number of oxime groups is 1. The van der Waals surface area contributed by atoms with E-state index in [1.165, 1.54) is 0 Å². The Morgan fingerprint density at radius 1 is 0.929 bits per heavy atom. The van der Waals surface area contributed by atoms with Crippen LogP contribution in [0.2, 0.25) is 0 Å². The summed E-state index contributed by atoms with van der Waals surface area (Å²) in [6.45, 7) is 3.56. The Bertz CT molecular complexity index is 1150. The van der Waals surface area contributed by atoms with Crippen LogP contribution in [-0.2, 0) is 20.6 Å². The zero-order chi connectivity index (χ0) is 20.5. The zero-order valence-corrected chi connectivity index (χ0v) is 15.8. The van der Waals surface area contributed by atoms with Crippen molar-refractivity contribution in [1.82, 2.24) is 0 Å². The van der Waals surface area contributed by atoms with Crippen LogP contribution in [0, 0.1) is 6.92 Å². The molecule has 0 radical (unpaired) electrons. The number of hydrogen-bond acceptors (Lipinski definition) is 4. The van der Waals surface area contributed by atoms with E-state index in [1.54, 1.807) is 6.92 Å². The number of hydrogen-bond donors (Lipinski definition) is 0. The number of halogens is 3. The number of nitrogens with zero attached hydrogens (tertiary/aromatic N) is 1. The summed E-state index contributed by atoms with van der Waals surface area (Å²) in [7, 11) is -4.34. The maximum Gasteiger partial charge on any atom is 0.416 e. The first-order chi connectivity index (χ1) is 13.1. The summed E-state index contributed by atoms with van der Waals surface area (Å²) in [6.07, 6.45) is -4.55. The van der Waals surface area contributed by atoms with E-state index in [4.69, 9.17) is 4.28 Å². The second-order valence-electron chi connectivity index (χ2n) is 6.20. The van der Waals surface area contributed by atoms with Crippen LogP contribution >= 0.6 is 0 Å². The molecule has 0 amide bonds. The molecule has 0 aliphatic heterocycles. The second-order valence-corrected chi connectivity index (χ2v) is 7.73. The Kier molecular flexibility index (Phi) is 5.16. The molecule has 0 fully saturated rings. The van der Waals surface area contributed by atoms with Crippen molar-refractivity contribution in [2.24, 2.45) is 5.16 Å². The lowest BCUT2D eigenvalue weighted by molar-refractivity contribution is -0.137. The standard InChI is InChI=1S/C20H16F3NO3S/c1-13-7-12-18(19-6-4-3-5-17(13)19)14(2)24-27-28(25,26)16-10-8-15(9-11-16)20(21,22)23/h3-12H,1-2H3/b24-14-. The molecule has 0 bridgehead atoms. The smallest absolute Gasteiger partial charge is 0.265 e. The summed E-state index contributed by atoms with van der Waals surface area (Å²) in [5.41, 5.74) is 1.14. The van der Waals surface area contributed by atoms with Gasteiger partial charge in [0.05, 0.1) is 11.3 Å². The fourth-order valence-corrected chi connectivity index (χ4v) is 3.54. The average Bonchev–Trinajstić information content (AvgIpc) is 2.66. The normalized spacial score (nSPS) is 13.0. The Morgan fingerprint density at radius 3 is 2.14 bits per heavy atom. The summed E-state index contributed by atoms with van der Waals surface area (Å²) in [6, 6.07) is 14.3. The van der Waals surface area contributed by atoms with Gasteiger partial charge in [-0.3, -0.25) is 4.28 Å². The van der Waals surface area contributed by atoms with Crippen LogP contribution in [0.4, 0.5) is 13.2 Å². The van der Waals surface area contributed by atoms with Crippen molar-refractivity contribution < 1.29 is 25.9 Å². The maximum absolute atomic E-state index is 12.6. The van der Waals surface area contributed by atoms with Crippen molar-refractivity contribution in [3.05, 3.63) is 77.4 Å². The molecular weight excluding hydrogens is 391 g/mol. The molecule has 0 heterocycles. The van der Waals surface area contributed by atoms with Crippen molar-refractivity contribution in [3.63, 3.8) is 0 Å². The quantitative estimate of drug-likeness (QED) is 0.436. The van der Waals surface area contributed by atoms with Gasteiger partial charge in [0.1, 0.15) is 4.90 Å². The van der Waals surface area contributed by atoms with E-state index in [0.717, 1.165) is 28.5 Å². The number of fused-ring (bicyclic) bond motifs is 1. The lowest BCUT2D eigenvalue weighted by atomic mass is 9.98. The molecule has 8 heteroatoms. The summed E-state index contributed by atoms with van der Waals surface area (Å²) in [5.74, 6) is 0. The van der Waals surface area contributed by atoms with E-state index in [1.807, 2.05) is 43.3 Å². The molecule has 3 aromatic rings. The van der Waals surface area contributed by atoms with Gasteiger partial charge >= 0.3 is 16.3 Å². The van der Waals surface area contributed by atoms with Crippen LogP contribution in [0.15, 0.2) is 70.7 Å². The molecule has 0 saturated carbocycles. The molecule has 28 heavy (non-hydrogen) atoms. The maximum atomic E-state index is 12.6. The monoisotopic (exact) mass is 407 g/mol. The van der Waals surface area contributed by atoms with Crippen LogP contribution in [0.25, 0.3) is 10.8 Å². The molecule has 0 aromatic heterocycles. The van der Waals surface area contributed by atoms with Gasteiger partial charge in [0, 0.05) is 5.56 Å². The third-order valence-corrected chi connectivity index (χ3v) is 5.39. The van der Waals surface area contributed by atoms with Crippen molar-refractivity contribution in [2.45, 2.75) is 24.9 Å². The molecule has 0 saturated heterocycles. The Balaban J connectivity index is 1.90. The van der Waals surface area contributed by atoms with E-state index < -0.39 is 26.8 Å². The molecule has 146 valence electrons. The van der Waals surface area contributed by atoms with Gasteiger partial charge in [-0.05, 0) is 54.4 Å². The largest absolute Gasteiger partial charge is 0.416 e. The van der Waals surface area contributed by atoms with Crippen LogP contribution in [0.3, 0.4) is 0 Å². The van der Waals surface area contributed by atoms with E-state index in [-0.39, 0.29) is 0 Å². The van der Waals surface area contributed by atoms with Crippen molar-refractivity contribution in [2.75, 3.05) is 0 Å². The Labute approximate surface area is 160 Å². The third kappa shape index (κ3) is 4.01. The summed E-state index contributed by atoms with van der Waals surface area (Å²) in [4.78, 5) is -0.411. The molecule has 0 atom stereocenters. The minimum absolute atomic E-state index is 0.326. The van der Waals surface area contributed by atoms with Gasteiger partial charge < -0.3 is 0 Å². The molecular formula is C20H16F3NO3S. The predicted octanol–water partition coefficient (Wildman–Crippen LogP) is 5.30. The molecule has 3 aromatic carbocycles. The summed E-state index contributed by atoms with van der Waals surface area (Å²) < 4.78 is 67.0. The molecule has 0 aliphatic rings. The molecule has 4 nitrogen and oxygen atoms in total. The Morgan fingerprint density at radius 2 is 1.54 bits per heavy atom. The van der Waals surface area contributed by atoms with Crippen LogP contribution < -0.4 is 0 Å². The van der Waals surface area contributed by atoms with Gasteiger partial charge in [-0.2, -0.15) is 21.6 Å². The molecule has 0 spiro atoms. The van der Waals surface area contributed by atoms with Crippen molar-refractivity contribution in [3.8, 4) is 0 Å². The van der Waals surface area contributed by atoms with Crippen LogP contribution in [-0.4, -0.2) is 14.1 Å². The highest BCUT2D eigenvalue weighted by molar-refractivity contribution is 7.86. The van der Waals surface area contributed by atoms with Gasteiger partial charge in [0.2, 0.25) is 0 Å². The molecule has 0 aliphatic carbocycles. The first-order valence-electron chi connectivity index (χ1n) is 8.24. The topological polar surface area (TPSA) is 55.7 Å². The number of rotatable bonds is 4. The zero-order valence-electron chi connectivity index (χ0n) is 15.0. The summed E-state index contributed by atoms with van der Waals surface area (Å²) in [5, 5.41) is 5.59. The van der Waals surface area contributed by atoms with Crippen LogP contribution in [0.1, 0.15) is 23.6 Å². The average molecular weight is 407 g/mol. The fourth-order valence-electron chi connectivity index (χ4n) is 2.77. The van der Waals surface area contributed by atoms with Gasteiger partial charge in [-0.1, -0.05) is 41.6 Å². The third-order valence-electron chi connectivity index (χ3n) is 4.27. The van der Waals surface area contributed by atoms with Crippen molar-refractivity contribution >= 4 is 26.6 Å². The first kappa shape index (κ1) is 19.9. The lowest BCUT2D eigenvalue weighted by Crippen LogP contribution is -2.08. The molecule has 0 N–H and O–H groups in total. The van der Waals surface area contributed by atoms with E-state index >= 15 is 0 Å². The van der Waals surface area contributed by atoms with E-state index in [2.05, 4.69) is 5.16 Å². The second kappa shape index (κ2) is 7.27. The van der Waals surface area contributed by atoms with E-state index in [0.29, 0.717) is 23.4 Å². The number of alkyl halides is 3. The molecule has 0 unspecified atom stereocenters. The van der Waals surface area contributed by atoms with Crippen molar-refractivity contribution in [1.29, 1.82) is 0 Å². The van der Waals surface area contributed by atoms with Gasteiger partial charge in [0.25, 0.3) is 0 Å². The number of aryl methyl sites for hydroxylation is 1. The minimum Gasteiger partial charge on any atom is -0.265 e. The molecule has 3 rings (SSSR count). The predicted molar refractivity (Wildman–Crippen MR) is 101 cm³/mol. The SMILES string of the molecule is C/C(=N/OS(=O)(=O)c1ccc(C(F)(F)F)cc1)c1ccc(C)c2ccccc12. The fraction of sp³-hybridized carbons (Fsp3) is 0.150. The highest BCUT2D eigenvalue weighted by atomic mass is 32.2. The van der Waals surface area contributed by atoms with Crippen LogP contribution in [0.5, 0.6) is 0 Å². The highest BCUT2D eigenvalue weighted by Crippen LogP contribution is 2.30. The van der Waals surface area contributed by atoms with Gasteiger partial charge in [-0.15, -0.1) is 0 Å². The minimum atomic E-state index is -4.55. The van der Waals surface area contributed by atoms with Gasteiger partial charge in [-0.25, -0.2) is 0 Å². The highest BCUT2D eigenvalue weighted by Gasteiger charge is 2.30. The lowest BCUT2D eigenvalue weighted by Gasteiger charge is -2.09. The number of benzene rings is 3. The van der Waals surface area contributed by atoms with Gasteiger partial charge in [0.15, 0.2) is 0 Å². The van der Waals surface area contributed by atoms with E-state index in [9.17, 15) is 21.6 Å². The first-order valence-corrected chi connectivity index (χ1v) is 9.64.